The molecule has 0 saturated carbocycles. The third-order valence-electron chi connectivity index (χ3n) is 2.91. The van der Waals surface area contributed by atoms with Gasteiger partial charge >= 0.3 is 0 Å². The molecule has 2 aromatic rings. The van der Waals surface area contributed by atoms with Gasteiger partial charge in [0.25, 0.3) is 5.91 Å². The molecule has 114 valence electrons. The van der Waals surface area contributed by atoms with Crippen LogP contribution in [0.5, 0.6) is 0 Å². The van der Waals surface area contributed by atoms with Gasteiger partial charge in [-0.15, -0.1) is 11.8 Å². The molecule has 0 unspecified atom stereocenters. The number of amides is 2. The monoisotopic (exact) mass is 354 g/mol. The minimum atomic E-state index is -0.626. The summed E-state index contributed by atoms with van der Waals surface area (Å²) in [6.07, 6.45) is 1.91. The zero-order valence-corrected chi connectivity index (χ0v) is 13.9. The molecule has 2 amide bonds. The van der Waals surface area contributed by atoms with Crippen LogP contribution in [0.25, 0.3) is 0 Å². The quantitative estimate of drug-likeness (QED) is 0.812. The number of primary amides is 1. The summed E-state index contributed by atoms with van der Waals surface area (Å²) in [7, 11) is 0. The molecule has 7 heteroatoms. The Balaban J connectivity index is 2.26. The van der Waals surface area contributed by atoms with E-state index in [9.17, 15) is 9.59 Å². The fraction of sp³-hybridized carbons (Fsp3) is 0.0667. The topological polar surface area (TPSA) is 72.2 Å². The van der Waals surface area contributed by atoms with E-state index in [0.29, 0.717) is 16.3 Å². The van der Waals surface area contributed by atoms with Crippen LogP contribution in [-0.4, -0.2) is 18.1 Å². The first-order valence-electron chi connectivity index (χ1n) is 6.16. The molecule has 22 heavy (non-hydrogen) atoms. The number of thioether (sulfide) groups is 1. The molecule has 0 heterocycles. The van der Waals surface area contributed by atoms with E-state index in [4.69, 9.17) is 28.9 Å². The molecule has 0 aromatic heterocycles. The Morgan fingerprint density at radius 2 is 1.77 bits per heavy atom. The summed E-state index contributed by atoms with van der Waals surface area (Å²) in [6.45, 7) is 0. The molecule has 0 bridgehead atoms. The van der Waals surface area contributed by atoms with Gasteiger partial charge in [0.15, 0.2) is 0 Å². The Morgan fingerprint density at radius 3 is 2.36 bits per heavy atom. The molecular weight excluding hydrogens is 343 g/mol. The van der Waals surface area contributed by atoms with Crippen LogP contribution in [0.3, 0.4) is 0 Å². The number of halogens is 2. The van der Waals surface area contributed by atoms with Crippen molar-refractivity contribution in [1.29, 1.82) is 0 Å². The zero-order chi connectivity index (χ0) is 16.3. The Labute approximate surface area is 142 Å². The Hall–Kier alpha value is -1.69. The predicted octanol–water partition coefficient (Wildman–Crippen LogP) is 4.07. The minimum absolute atomic E-state index is 0.175. The second-order valence-electron chi connectivity index (χ2n) is 4.36. The highest BCUT2D eigenvalue weighted by molar-refractivity contribution is 7.98. The van der Waals surface area contributed by atoms with Gasteiger partial charge in [-0.1, -0.05) is 23.2 Å². The molecule has 0 aliphatic heterocycles. The smallest absolute Gasteiger partial charge is 0.257 e. The van der Waals surface area contributed by atoms with Gasteiger partial charge in [-0.2, -0.15) is 0 Å². The molecule has 0 aliphatic rings. The van der Waals surface area contributed by atoms with Crippen LogP contribution in [0.1, 0.15) is 20.7 Å². The number of carbonyl (C=O) groups is 2. The lowest BCUT2D eigenvalue weighted by atomic mass is 10.1. The third kappa shape index (κ3) is 3.74. The minimum Gasteiger partial charge on any atom is -0.366 e. The number of hydrogen-bond donors (Lipinski definition) is 2. The summed E-state index contributed by atoms with van der Waals surface area (Å²) in [5.74, 6) is -0.984. The first-order chi connectivity index (χ1) is 10.4. The third-order valence-corrected chi connectivity index (χ3v) is 4.28. The van der Waals surface area contributed by atoms with Gasteiger partial charge in [-0.25, -0.2) is 0 Å². The number of carbonyl (C=O) groups excluding carboxylic acids is 2. The zero-order valence-electron chi connectivity index (χ0n) is 11.5. The lowest BCUT2D eigenvalue weighted by Gasteiger charge is -2.09. The van der Waals surface area contributed by atoms with E-state index in [0.717, 1.165) is 4.90 Å². The maximum Gasteiger partial charge on any atom is 0.257 e. The van der Waals surface area contributed by atoms with Crippen molar-refractivity contribution in [2.24, 2.45) is 5.73 Å². The summed E-state index contributed by atoms with van der Waals surface area (Å²) in [5, 5.41) is 3.22. The van der Waals surface area contributed by atoms with Gasteiger partial charge < -0.3 is 11.1 Å². The van der Waals surface area contributed by atoms with Crippen molar-refractivity contribution in [1.82, 2.24) is 0 Å². The van der Waals surface area contributed by atoms with E-state index >= 15 is 0 Å². The molecule has 0 atom stereocenters. The molecular formula is C15H12Cl2N2O2S. The first kappa shape index (κ1) is 16.7. The van der Waals surface area contributed by atoms with E-state index < -0.39 is 5.91 Å². The van der Waals surface area contributed by atoms with Crippen LogP contribution in [0.15, 0.2) is 41.3 Å². The fourth-order valence-corrected chi connectivity index (χ4v) is 2.71. The molecule has 3 N–H and O–H groups in total. The van der Waals surface area contributed by atoms with Crippen molar-refractivity contribution in [2.45, 2.75) is 4.90 Å². The summed E-state index contributed by atoms with van der Waals surface area (Å²) >= 11 is 13.5. The second-order valence-corrected chi connectivity index (χ2v) is 6.05. The molecule has 0 aliphatic carbocycles. The maximum atomic E-state index is 12.3. The molecule has 0 radical (unpaired) electrons. The van der Waals surface area contributed by atoms with Crippen molar-refractivity contribution in [3.8, 4) is 0 Å². The molecule has 0 fully saturated rings. The number of rotatable bonds is 4. The van der Waals surface area contributed by atoms with E-state index in [1.807, 2.05) is 12.3 Å². The number of nitrogens with two attached hydrogens (primary N) is 1. The summed E-state index contributed by atoms with van der Waals surface area (Å²) < 4.78 is 0. The number of hydrogen-bond acceptors (Lipinski definition) is 3. The summed E-state index contributed by atoms with van der Waals surface area (Å²) in [5.41, 5.74) is 6.19. The summed E-state index contributed by atoms with van der Waals surface area (Å²) in [6, 6.07) is 9.69. The Morgan fingerprint density at radius 1 is 1.05 bits per heavy atom. The number of benzene rings is 2. The van der Waals surface area contributed by atoms with Crippen molar-refractivity contribution >= 4 is 52.5 Å². The van der Waals surface area contributed by atoms with Crippen molar-refractivity contribution in [2.75, 3.05) is 11.6 Å². The van der Waals surface area contributed by atoms with E-state index in [1.54, 1.807) is 18.2 Å². The lowest BCUT2D eigenvalue weighted by Crippen LogP contribution is -2.14. The molecule has 0 saturated heterocycles. The Bertz CT molecular complexity index is 750. The van der Waals surface area contributed by atoms with Gasteiger partial charge in [0.2, 0.25) is 5.91 Å². The van der Waals surface area contributed by atoms with Crippen LogP contribution < -0.4 is 11.1 Å². The van der Waals surface area contributed by atoms with Crippen LogP contribution in [0, 0.1) is 0 Å². The van der Waals surface area contributed by atoms with E-state index in [2.05, 4.69) is 5.32 Å². The van der Waals surface area contributed by atoms with Gasteiger partial charge in [0.1, 0.15) is 0 Å². The van der Waals surface area contributed by atoms with E-state index in [1.165, 1.54) is 23.9 Å². The molecule has 4 nitrogen and oxygen atoms in total. The van der Waals surface area contributed by atoms with Crippen molar-refractivity contribution in [3.05, 3.63) is 57.6 Å². The van der Waals surface area contributed by atoms with Gasteiger partial charge in [0, 0.05) is 10.6 Å². The SMILES string of the molecule is CSc1ccc(Cl)c(C(=O)Nc2ccc(C(N)=O)c(Cl)c2)c1. The lowest BCUT2D eigenvalue weighted by molar-refractivity contribution is 0.0998. The average Bonchev–Trinajstić information content (AvgIpc) is 2.47. The molecule has 0 spiro atoms. The first-order valence-corrected chi connectivity index (χ1v) is 8.14. The predicted molar refractivity (Wildman–Crippen MR) is 91.2 cm³/mol. The van der Waals surface area contributed by atoms with Gasteiger partial charge in [-0.3, -0.25) is 9.59 Å². The van der Waals surface area contributed by atoms with Gasteiger partial charge in [-0.05, 0) is 42.7 Å². The molecule has 2 aromatic carbocycles. The van der Waals surface area contributed by atoms with Crippen molar-refractivity contribution < 1.29 is 9.59 Å². The normalized spacial score (nSPS) is 10.3. The maximum absolute atomic E-state index is 12.3. The highest BCUT2D eigenvalue weighted by Gasteiger charge is 2.13. The Kier molecular flexibility index (Phi) is 5.34. The summed E-state index contributed by atoms with van der Waals surface area (Å²) in [4.78, 5) is 24.3. The average molecular weight is 355 g/mol. The fourth-order valence-electron chi connectivity index (χ4n) is 1.80. The van der Waals surface area contributed by atoms with E-state index in [-0.39, 0.29) is 16.5 Å². The highest BCUT2D eigenvalue weighted by Crippen LogP contribution is 2.25. The highest BCUT2D eigenvalue weighted by atomic mass is 35.5. The standard InChI is InChI=1S/C15H12Cl2N2O2S/c1-22-9-3-5-12(16)11(7-9)15(21)19-8-2-4-10(14(18)20)13(17)6-8/h2-7H,1H3,(H2,18,20)(H,19,21). The number of anilines is 1. The van der Waals surface area contributed by atoms with Gasteiger partial charge in [0.05, 0.1) is 21.2 Å². The largest absolute Gasteiger partial charge is 0.366 e. The van der Waals surface area contributed by atoms with Crippen LogP contribution in [0.2, 0.25) is 10.0 Å². The van der Waals surface area contributed by atoms with Crippen LogP contribution in [-0.2, 0) is 0 Å². The van der Waals surface area contributed by atoms with Crippen molar-refractivity contribution in [3.63, 3.8) is 0 Å². The van der Waals surface area contributed by atoms with Crippen LogP contribution in [0.4, 0.5) is 5.69 Å². The van der Waals surface area contributed by atoms with Crippen LogP contribution >= 0.6 is 35.0 Å². The molecule has 2 rings (SSSR count). The number of nitrogens with one attached hydrogen (secondary N) is 1. The second kappa shape index (κ2) is 7.05.